The number of ether oxygens (including phenoxy) is 1. The van der Waals surface area contributed by atoms with E-state index in [0.29, 0.717) is 5.56 Å². The lowest BCUT2D eigenvalue weighted by molar-refractivity contribution is -0.142. The lowest BCUT2D eigenvalue weighted by Crippen LogP contribution is -2.42. The Bertz CT molecular complexity index is 490. The number of halogens is 1. The molecule has 0 bridgehead atoms. The summed E-state index contributed by atoms with van der Waals surface area (Å²) in [5, 5.41) is 0. The van der Waals surface area contributed by atoms with Crippen LogP contribution in [0.3, 0.4) is 0 Å². The SMILES string of the molecule is COC(=O)CCC(=O)NNC(=O)c1ccccc1I. The molecule has 0 aliphatic carbocycles. The van der Waals surface area contributed by atoms with E-state index in [1.807, 2.05) is 28.7 Å². The molecule has 6 nitrogen and oxygen atoms in total. The van der Waals surface area contributed by atoms with Crippen LogP contribution in [0.5, 0.6) is 0 Å². The molecule has 0 unspecified atom stereocenters. The number of hydrogen-bond acceptors (Lipinski definition) is 4. The van der Waals surface area contributed by atoms with Crippen molar-refractivity contribution in [2.24, 2.45) is 0 Å². The Morgan fingerprint density at radius 3 is 2.47 bits per heavy atom. The Labute approximate surface area is 124 Å². The molecule has 0 heterocycles. The molecule has 1 aromatic carbocycles. The van der Waals surface area contributed by atoms with Gasteiger partial charge < -0.3 is 4.74 Å². The van der Waals surface area contributed by atoms with Crippen LogP contribution in [0.4, 0.5) is 0 Å². The molecule has 0 fully saturated rings. The van der Waals surface area contributed by atoms with Gasteiger partial charge in [0.15, 0.2) is 0 Å². The predicted molar refractivity (Wildman–Crippen MR) is 76.0 cm³/mol. The maximum absolute atomic E-state index is 11.7. The summed E-state index contributed by atoms with van der Waals surface area (Å²) in [6.07, 6.45) is -0.0695. The number of methoxy groups -OCH3 is 1. The van der Waals surface area contributed by atoms with E-state index < -0.39 is 17.8 Å². The van der Waals surface area contributed by atoms with Gasteiger partial charge in [-0.1, -0.05) is 12.1 Å². The molecule has 19 heavy (non-hydrogen) atoms. The highest BCUT2D eigenvalue weighted by Gasteiger charge is 2.11. The summed E-state index contributed by atoms with van der Waals surface area (Å²) in [5.74, 6) is -1.33. The van der Waals surface area contributed by atoms with Gasteiger partial charge in [-0.3, -0.25) is 25.2 Å². The van der Waals surface area contributed by atoms with Crippen molar-refractivity contribution >= 4 is 40.4 Å². The molecule has 1 rings (SSSR count). The molecule has 2 N–H and O–H groups in total. The summed E-state index contributed by atoms with van der Waals surface area (Å²) < 4.78 is 5.18. The average molecular weight is 376 g/mol. The molecule has 0 aliphatic heterocycles. The number of hydrazine groups is 1. The van der Waals surface area contributed by atoms with Crippen molar-refractivity contribution in [1.82, 2.24) is 10.9 Å². The Morgan fingerprint density at radius 2 is 1.84 bits per heavy atom. The standard InChI is InChI=1S/C12H13IN2O4/c1-19-11(17)7-6-10(16)14-15-12(18)8-4-2-3-5-9(8)13/h2-5H,6-7H2,1H3,(H,14,16)(H,15,18). The summed E-state index contributed by atoms with van der Waals surface area (Å²) in [6, 6.07) is 6.98. The molecule has 2 amide bonds. The van der Waals surface area contributed by atoms with Gasteiger partial charge in [-0.25, -0.2) is 0 Å². The van der Waals surface area contributed by atoms with Crippen LogP contribution in [0.15, 0.2) is 24.3 Å². The zero-order valence-corrected chi connectivity index (χ0v) is 12.4. The first-order valence-corrected chi connectivity index (χ1v) is 6.53. The van der Waals surface area contributed by atoms with Crippen LogP contribution in [-0.4, -0.2) is 24.9 Å². The number of amides is 2. The minimum Gasteiger partial charge on any atom is -0.469 e. The van der Waals surface area contributed by atoms with Crippen molar-refractivity contribution in [1.29, 1.82) is 0 Å². The third kappa shape index (κ3) is 5.25. The van der Waals surface area contributed by atoms with Crippen molar-refractivity contribution in [3.8, 4) is 0 Å². The van der Waals surface area contributed by atoms with Crippen molar-refractivity contribution in [2.75, 3.05) is 7.11 Å². The van der Waals surface area contributed by atoms with Crippen LogP contribution in [0.2, 0.25) is 0 Å². The lowest BCUT2D eigenvalue weighted by Gasteiger charge is -2.08. The second-order valence-electron chi connectivity index (χ2n) is 3.56. The third-order valence-corrected chi connectivity index (χ3v) is 3.16. The highest BCUT2D eigenvalue weighted by Crippen LogP contribution is 2.10. The first-order chi connectivity index (χ1) is 9.04. The summed E-state index contributed by atoms with van der Waals surface area (Å²) in [6.45, 7) is 0. The van der Waals surface area contributed by atoms with Crippen LogP contribution in [0, 0.1) is 3.57 Å². The van der Waals surface area contributed by atoms with Crippen LogP contribution in [-0.2, 0) is 14.3 Å². The van der Waals surface area contributed by atoms with Crippen LogP contribution in [0.25, 0.3) is 0 Å². The highest BCUT2D eigenvalue weighted by atomic mass is 127. The van der Waals surface area contributed by atoms with Gasteiger partial charge in [0.2, 0.25) is 5.91 Å². The number of nitrogens with one attached hydrogen (secondary N) is 2. The van der Waals surface area contributed by atoms with Gasteiger partial charge in [-0.15, -0.1) is 0 Å². The van der Waals surface area contributed by atoms with Crippen molar-refractivity contribution < 1.29 is 19.1 Å². The molecule has 0 spiro atoms. The normalized spacial score (nSPS) is 9.58. The van der Waals surface area contributed by atoms with Gasteiger partial charge in [-0.05, 0) is 34.7 Å². The van der Waals surface area contributed by atoms with Crippen LogP contribution < -0.4 is 10.9 Å². The lowest BCUT2D eigenvalue weighted by atomic mass is 10.2. The molecule has 0 aromatic heterocycles. The van der Waals surface area contributed by atoms with Crippen molar-refractivity contribution in [3.05, 3.63) is 33.4 Å². The van der Waals surface area contributed by atoms with Gasteiger partial charge in [0.1, 0.15) is 0 Å². The molecule has 0 aliphatic rings. The predicted octanol–water partition coefficient (Wildman–Crippen LogP) is 1.01. The fourth-order valence-corrected chi connectivity index (χ4v) is 1.85. The van der Waals surface area contributed by atoms with Gasteiger partial charge in [0.05, 0.1) is 19.1 Å². The summed E-state index contributed by atoms with van der Waals surface area (Å²) in [4.78, 5) is 33.9. The highest BCUT2D eigenvalue weighted by molar-refractivity contribution is 14.1. The molecule has 1 aromatic rings. The number of benzene rings is 1. The summed E-state index contributed by atoms with van der Waals surface area (Å²) >= 11 is 2.03. The largest absolute Gasteiger partial charge is 0.469 e. The zero-order chi connectivity index (χ0) is 14.3. The quantitative estimate of drug-likeness (QED) is 0.467. The Morgan fingerprint density at radius 1 is 1.16 bits per heavy atom. The molecular weight excluding hydrogens is 363 g/mol. The Kier molecular flexibility index (Phi) is 6.26. The van der Waals surface area contributed by atoms with E-state index in [0.717, 1.165) is 3.57 Å². The minimum absolute atomic E-state index is 0.0267. The van der Waals surface area contributed by atoms with E-state index in [1.54, 1.807) is 18.2 Å². The molecule has 0 atom stereocenters. The maximum Gasteiger partial charge on any atom is 0.306 e. The maximum atomic E-state index is 11.7. The third-order valence-electron chi connectivity index (χ3n) is 2.22. The first-order valence-electron chi connectivity index (χ1n) is 5.45. The molecule has 0 saturated heterocycles. The van der Waals surface area contributed by atoms with E-state index in [1.165, 1.54) is 7.11 Å². The Hall–Kier alpha value is -1.64. The van der Waals surface area contributed by atoms with Crippen LogP contribution in [0.1, 0.15) is 23.2 Å². The number of rotatable bonds is 4. The number of carbonyl (C=O) groups excluding carboxylic acids is 3. The smallest absolute Gasteiger partial charge is 0.306 e. The van der Waals surface area contributed by atoms with Crippen LogP contribution >= 0.6 is 22.6 Å². The second-order valence-corrected chi connectivity index (χ2v) is 4.72. The number of esters is 1. The van der Waals surface area contributed by atoms with Crippen molar-refractivity contribution in [2.45, 2.75) is 12.8 Å². The molecule has 0 radical (unpaired) electrons. The minimum atomic E-state index is -0.473. The van der Waals surface area contributed by atoms with E-state index in [-0.39, 0.29) is 12.8 Å². The van der Waals surface area contributed by atoms with E-state index >= 15 is 0 Å². The van der Waals surface area contributed by atoms with Gasteiger partial charge >= 0.3 is 5.97 Å². The number of hydrogen-bond donors (Lipinski definition) is 2. The molecule has 0 saturated carbocycles. The summed E-state index contributed by atoms with van der Waals surface area (Å²) in [7, 11) is 1.25. The van der Waals surface area contributed by atoms with E-state index in [9.17, 15) is 14.4 Å². The number of carbonyl (C=O) groups is 3. The molecular formula is C12H13IN2O4. The fraction of sp³-hybridized carbons (Fsp3) is 0.250. The van der Waals surface area contributed by atoms with Crippen molar-refractivity contribution in [3.63, 3.8) is 0 Å². The second kappa shape index (κ2) is 7.72. The zero-order valence-electron chi connectivity index (χ0n) is 10.2. The van der Waals surface area contributed by atoms with Gasteiger partial charge in [0.25, 0.3) is 5.91 Å². The molecule has 102 valence electrons. The Balaban J connectivity index is 2.40. The molecule has 7 heteroatoms. The topological polar surface area (TPSA) is 84.5 Å². The van der Waals surface area contributed by atoms with Gasteiger partial charge in [-0.2, -0.15) is 0 Å². The summed E-state index contributed by atoms with van der Waals surface area (Å²) in [5.41, 5.74) is 4.99. The first kappa shape index (κ1) is 15.4. The fourth-order valence-electron chi connectivity index (χ4n) is 1.22. The van der Waals surface area contributed by atoms with E-state index in [2.05, 4.69) is 15.6 Å². The average Bonchev–Trinajstić information content (AvgIpc) is 2.42. The van der Waals surface area contributed by atoms with Gasteiger partial charge in [0, 0.05) is 9.99 Å². The monoisotopic (exact) mass is 376 g/mol. The van der Waals surface area contributed by atoms with E-state index in [4.69, 9.17) is 0 Å².